The largest absolute Gasteiger partial charge is 0.494 e. The van der Waals surface area contributed by atoms with Gasteiger partial charge in [0.15, 0.2) is 0 Å². The van der Waals surface area contributed by atoms with Gasteiger partial charge in [-0.1, -0.05) is 36.4 Å². The molecule has 0 amide bonds. The van der Waals surface area contributed by atoms with E-state index in [4.69, 9.17) is 18.7 Å². The van der Waals surface area contributed by atoms with E-state index in [0.717, 1.165) is 44.2 Å². The SMILES string of the molecule is CC1(C)OB(c2cc(-c3cc(-c4ccccc4)ccn3)c3oc4cc(C#N)ccc4c3c2)OC1(C)C. The highest BCUT2D eigenvalue weighted by Crippen LogP contribution is 2.39. The van der Waals surface area contributed by atoms with Gasteiger partial charge in [0, 0.05) is 22.5 Å². The van der Waals surface area contributed by atoms with Gasteiger partial charge in [-0.15, -0.1) is 0 Å². The van der Waals surface area contributed by atoms with E-state index >= 15 is 0 Å². The maximum absolute atomic E-state index is 9.39. The summed E-state index contributed by atoms with van der Waals surface area (Å²) >= 11 is 0. The molecule has 0 spiro atoms. The van der Waals surface area contributed by atoms with E-state index in [2.05, 4.69) is 36.4 Å². The van der Waals surface area contributed by atoms with Crippen LogP contribution < -0.4 is 5.46 Å². The number of pyridine rings is 1. The molecule has 36 heavy (non-hydrogen) atoms. The Morgan fingerprint density at radius 3 is 2.28 bits per heavy atom. The number of rotatable bonds is 3. The molecule has 0 bridgehead atoms. The fraction of sp³-hybridized carbons (Fsp3) is 0.200. The van der Waals surface area contributed by atoms with E-state index in [1.54, 1.807) is 6.07 Å². The predicted octanol–water partition coefficient (Wildman–Crippen LogP) is 6.49. The fourth-order valence-electron chi connectivity index (χ4n) is 4.66. The molecule has 6 rings (SSSR count). The van der Waals surface area contributed by atoms with Crippen molar-refractivity contribution < 1.29 is 13.7 Å². The van der Waals surface area contributed by atoms with Gasteiger partial charge in [0.1, 0.15) is 11.2 Å². The summed E-state index contributed by atoms with van der Waals surface area (Å²) < 4.78 is 19.1. The van der Waals surface area contributed by atoms with Gasteiger partial charge in [-0.25, -0.2) is 0 Å². The Morgan fingerprint density at radius 1 is 0.806 bits per heavy atom. The van der Waals surface area contributed by atoms with Gasteiger partial charge in [0.2, 0.25) is 0 Å². The third-order valence-electron chi connectivity index (χ3n) is 7.39. The van der Waals surface area contributed by atoms with Gasteiger partial charge in [0.05, 0.1) is 28.5 Å². The smallest absolute Gasteiger partial charge is 0.455 e. The number of nitrogens with zero attached hydrogens (tertiary/aromatic N) is 2. The summed E-state index contributed by atoms with van der Waals surface area (Å²) in [6.45, 7) is 8.20. The highest BCUT2D eigenvalue weighted by molar-refractivity contribution is 6.62. The van der Waals surface area contributed by atoms with Crippen LogP contribution in [0, 0.1) is 11.3 Å². The first-order valence-electron chi connectivity index (χ1n) is 12.0. The molecular formula is C30H25BN2O3. The van der Waals surface area contributed by atoms with Crippen molar-refractivity contribution in [3.8, 4) is 28.5 Å². The van der Waals surface area contributed by atoms with Crippen LogP contribution in [0.2, 0.25) is 0 Å². The predicted molar refractivity (Wildman–Crippen MR) is 143 cm³/mol. The van der Waals surface area contributed by atoms with Gasteiger partial charge in [-0.3, -0.25) is 4.98 Å². The average molecular weight is 472 g/mol. The molecule has 6 heteroatoms. The van der Waals surface area contributed by atoms with Crippen molar-refractivity contribution in [1.82, 2.24) is 4.98 Å². The first kappa shape index (κ1) is 22.5. The second-order valence-corrected chi connectivity index (χ2v) is 10.3. The number of nitriles is 1. The molecule has 1 saturated heterocycles. The lowest BCUT2D eigenvalue weighted by atomic mass is 9.77. The van der Waals surface area contributed by atoms with Crippen molar-refractivity contribution in [2.75, 3.05) is 0 Å². The quantitative estimate of drug-likeness (QED) is 0.281. The van der Waals surface area contributed by atoms with Crippen LogP contribution in [0.1, 0.15) is 33.3 Å². The highest BCUT2D eigenvalue weighted by atomic mass is 16.7. The first-order valence-corrected chi connectivity index (χ1v) is 12.0. The standard InChI is InChI=1S/C30H25BN2O3/c1-29(2)30(3,4)36-31(35-29)22-16-24-23-11-10-19(18-32)14-27(23)34-28(24)25(17-22)26-15-21(12-13-33-26)20-8-6-5-7-9-20/h5-17H,1-4H3. The topological polar surface area (TPSA) is 68.3 Å². The zero-order chi connectivity index (χ0) is 25.1. The lowest BCUT2D eigenvalue weighted by Gasteiger charge is -2.32. The number of hydrogen-bond donors (Lipinski definition) is 0. The van der Waals surface area contributed by atoms with E-state index in [1.165, 1.54) is 0 Å². The van der Waals surface area contributed by atoms with Crippen LogP contribution in [0.3, 0.4) is 0 Å². The molecule has 5 nitrogen and oxygen atoms in total. The maximum atomic E-state index is 9.39. The van der Waals surface area contributed by atoms with Crippen LogP contribution >= 0.6 is 0 Å². The molecule has 0 saturated carbocycles. The van der Waals surface area contributed by atoms with Gasteiger partial charge in [-0.2, -0.15) is 5.26 Å². The number of furan rings is 1. The lowest BCUT2D eigenvalue weighted by molar-refractivity contribution is 0.00578. The van der Waals surface area contributed by atoms with Crippen LogP contribution in [0.25, 0.3) is 44.3 Å². The first-order chi connectivity index (χ1) is 17.3. The molecule has 1 aliphatic heterocycles. The second-order valence-electron chi connectivity index (χ2n) is 10.3. The van der Waals surface area contributed by atoms with Gasteiger partial charge in [-0.05, 0) is 80.7 Å². The minimum Gasteiger partial charge on any atom is -0.455 e. The van der Waals surface area contributed by atoms with E-state index in [0.29, 0.717) is 11.1 Å². The Labute approximate surface area is 210 Å². The van der Waals surface area contributed by atoms with Gasteiger partial charge in [0.25, 0.3) is 0 Å². The van der Waals surface area contributed by atoms with E-state index in [1.807, 2.05) is 70.3 Å². The molecule has 5 aromatic rings. The van der Waals surface area contributed by atoms with Crippen LogP contribution in [-0.4, -0.2) is 23.3 Å². The molecule has 1 aliphatic rings. The minimum atomic E-state index is -0.529. The average Bonchev–Trinajstić information content (AvgIpc) is 3.36. The third kappa shape index (κ3) is 3.60. The fourth-order valence-corrected chi connectivity index (χ4v) is 4.66. The van der Waals surface area contributed by atoms with E-state index in [9.17, 15) is 5.26 Å². The molecule has 0 aliphatic carbocycles. The van der Waals surface area contributed by atoms with Crippen LogP contribution in [0.5, 0.6) is 0 Å². The van der Waals surface area contributed by atoms with E-state index < -0.39 is 18.3 Å². The van der Waals surface area contributed by atoms with Crippen molar-refractivity contribution in [1.29, 1.82) is 5.26 Å². The lowest BCUT2D eigenvalue weighted by Crippen LogP contribution is -2.41. The summed E-state index contributed by atoms with van der Waals surface area (Å²) in [6, 6.07) is 26.2. The maximum Gasteiger partial charge on any atom is 0.494 e. The molecule has 0 unspecified atom stereocenters. The molecule has 1 fully saturated rings. The molecule has 0 atom stereocenters. The summed E-state index contributed by atoms with van der Waals surface area (Å²) in [4.78, 5) is 4.72. The molecule has 3 heterocycles. The van der Waals surface area contributed by atoms with Crippen molar-refractivity contribution in [3.63, 3.8) is 0 Å². The highest BCUT2D eigenvalue weighted by Gasteiger charge is 2.51. The van der Waals surface area contributed by atoms with Crippen LogP contribution in [0.15, 0.2) is 83.4 Å². The Bertz CT molecular complexity index is 1650. The summed E-state index contributed by atoms with van der Waals surface area (Å²) in [7, 11) is -0.529. The third-order valence-corrected chi connectivity index (χ3v) is 7.39. The Balaban J connectivity index is 1.59. The van der Waals surface area contributed by atoms with Gasteiger partial charge >= 0.3 is 7.12 Å². The molecular weight excluding hydrogens is 447 g/mol. The Morgan fingerprint density at radius 2 is 1.56 bits per heavy atom. The summed E-state index contributed by atoms with van der Waals surface area (Å²) in [5, 5.41) is 11.3. The molecule has 0 N–H and O–H groups in total. The van der Waals surface area contributed by atoms with E-state index in [-0.39, 0.29) is 0 Å². The molecule has 3 aromatic carbocycles. The van der Waals surface area contributed by atoms with Gasteiger partial charge < -0.3 is 13.7 Å². The zero-order valence-electron chi connectivity index (χ0n) is 20.7. The Kier molecular flexibility index (Phi) is 5.05. The van der Waals surface area contributed by atoms with Crippen molar-refractivity contribution in [2.45, 2.75) is 38.9 Å². The number of aromatic nitrogens is 1. The number of fused-ring (bicyclic) bond motifs is 3. The van der Waals surface area contributed by atoms with Crippen molar-refractivity contribution >= 4 is 34.5 Å². The summed E-state index contributed by atoms with van der Waals surface area (Å²) in [6.07, 6.45) is 1.82. The molecule has 0 radical (unpaired) electrons. The Hall–Kier alpha value is -3.92. The van der Waals surface area contributed by atoms with Crippen LogP contribution in [0.4, 0.5) is 0 Å². The number of benzene rings is 3. The monoisotopic (exact) mass is 472 g/mol. The minimum absolute atomic E-state index is 0.460. The second kappa shape index (κ2) is 8.06. The summed E-state index contributed by atoms with van der Waals surface area (Å²) in [5.74, 6) is 0. The summed E-state index contributed by atoms with van der Waals surface area (Å²) in [5.41, 5.74) is 5.74. The van der Waals surface area contributed by atoms with Crippen molar-refractivity contribution in [2.24, 2.45) is 0 Å². The number of hydrogen-bond acceptors (Lipinski definition) is 5. The molecule has 176 valence electrons. The van der Waals surface area contributed by atoms with Crippen LogP contribution in [-0.2, 0) is 9.31 Å². The normalized spacial score (nSPS) is 16.5. The zero-order valence-corrected chi connectivity index (χ0v) is 20.7. The molecule has 2 aromatic heterocycles. The van der Waals surface area contributed by atoms with Crippen molar-refractivity contribution in [3.05, 3.63) is 84.6 Å².